The molecule has 0 spiro atoms. The fourth-order valence-electron chi connectivity index (χ4n) is 4.94. The summed E-state index contributed by atoms with van der Waals surface area (Å²) in [6.07, 6.45) is 1.38. The lowest BCUT2D eigenvalue weighted by Gasteiger charge is -2.35. The first-order valence-electron chi connectivity index (χ1n) is 12.2. The minimum absolute atomic E-state index is 0.0282. The normalized spacial score (nSPS) is 15.5. The molecule has 0 aliphatic carbocycles. The van der Waals surface area contributed by atoms with Crippen LogP contribution in [0.25, 0.3) is 0 Å². The Morgan fingerprint density at radius 3 is 2.26 bits per heavy atom. The number of rotatable bonds is 5. The number of carbonyl (C=O) groups is 2. The molecule has 2 aliphatic heterocycles. The van der Waals surface area contributed by atoms with Gasteiger partial charge < -0.3 is 19.4 Å². The third kappa shape index (κ3) is 5.16. The van der Waals surface area contributed by atoms with Gasteiger partial charge in [0.1, 0.15) is 5.75 Å². The Hall–Kier alpha value is -3.80. The van der Waals surface area contributed by atoms with Gasteiger partial charge in [0.05, 0.1) is 13.5 Å². The summed E-state index contributed by atoms with van der Waals surface area (Å²) in [5.41, 5.74) is 5.57. The fourth-order valence-corrected chi connectivity index (χ4v) is 4.94. The topological polar surface area (TPSA) is 53.1 Å². The molecule has 0 unspecified atom stereocenters. The van der Waals surface area contributed by atoms with Gasteiger partial charge in [-0.15, -0.1) is 0 Å². The third-order valence-corrected chi connectivity index (χ3v) is 7.02. The maximum Gasteiger partial charge on any atom is 0.253 e. The maximum absolute atomic E-state index is 13.1. The van der Waals surface area contributed by atoms with Gasteiger partial charge in [0, 0.05) is 50.5 Å². The molecule has 6 nitrogen and oxygen atoms in total. The van der Waals surface area contributed by atoms with Crippen molar-refractivity contribution in [3.63, 3.8) is 0 Å². The summed E-state index contributed by atoms with van der Waals surface area (Å²) in [7, 11) is 1.62. The molecule has 0 aromatic heterocycles. The maximum atomic E-state index is 13.1. The lowest BCUT2D eigenvalue weighted by Crippen LogP contribution is -2.51. The molecule has 6 heteroatoms. The highest BCUT2D eigenvalue weighted by molar-refractivity contribution is 5.94. The number of carbonyl (C=O) groups excluding carboxylic acids is 2. The van der Waals surface area contributed by atoms with Crippen LogP contribution in [-0.2, 0) is 24.2 Å². The first-order valence-corrected chi connectivity index (χ1v) is 12.2. The highest BCUT2D eigenvalue weighted by atomic mass is 16.5. The summed E-state index contributed by atoms with van der Waals surface area (Å²) in [4.78, 5) is 31.9. The number of hydrogen-bond acceptors (Lipinski definition) is 4. The summed E-state index contributed by atoms with van der Waals surface area (Å²) in [5, 5.41) is 0. The summed E-state index contributed by atoms with van der Waals surface area (Å²) in [6, 6.07) is 24.2. The average Bonchev–Trinajstić information content (AvgIpc) is 2.92. The molecule has 180 valence electrons. The Kier molecular flexibility index (Phi) is 6.70. The Morgan fingerprint density at radius 1 is 0.800 bits per heavy atom. The van der Waals surface area contributed by atoms with Crippen molar-refractivity contribution in [2.75, 3.05) is 44.7 Å². The van der Waals surface area contributed by atoms with Crippen molar-refractivity contribution in [3.05, 3.63) is 95.1 Å². The van der Waals surface area contributed by atoms with E-state index < -0.39 is 0 Å². The zero-order chi connectivity index (χ0) is 24.2. The molecule has 1 saturated heterocycles. The van der Waals surface area contributed by atoms with Crippen LogP contribution in [0.1, 0.15) is 27.0 Å². The van der Waals surface area contributed by atoms with Gasteiger partial charge in [0.2, 0.25) is 5.91 Å². The number of ether oxygens (including phenoxy) is 1. The van der Waals surface area contributed by atoms with Crippen LogP contribution in [0.4, 0.5) is 5.69 Å². The van der Waals surface area contributed by atoms with Gasteiger partial charge in [0.15, 0.2) is 0 Å². The number of amides is 2. The van der Waals surface area contributed by atoms with Crippen LogP contribution >= 0.6 is 0 Å². The first-order chi connectivity index (χ1) is 17.1. The quantitative estimate of drug-likeness (QED) is 0.571. The largest absolute Gasteiger partial charge is 0.497 e. The number of nitrogens with zero attached hydrogens (tertiary/aromatic N) is 3. The van der Waals surface area contributed by atoms with Gasteiger partial charge in [0.25, 0.3) is 5.91 Å². The molecule has 35 heavy (non-hydrogen) atoms. The number of fused-ring (bicyclic) bond motifs is 1. The molecular formula is C29H31N3O3. The average molecular weight is 470 g/mol. The van der Waals surface area contributed by atoms with Crippen molar-refractivity contribution < 1.29 is 14.3 Å². The highest BCUT2D eigenvalue weighted by Gasteiger charge is 2.25. The van der Waals surface area contributed by atoms with E-state index >= 15 is 0 Å². The second-order valence-corrected chi connectivity index (χ2v) is 9.19. The number of benzene rings is 3. The van der Waals surface area contributed by atoms with E-state index in [9.17, 15) is 9.59 Å². The lowest BCUT2D eigenvalue weighted by molar-refractivity contribution is -0.131. The van der Waals surface area contributed by atoms with Gasteiger partial charge in [-0.25, -0.2) is 0 Å². The van der Waals surface area contributed by atoms with Crippen LogP contribution in [0.15, 0.2) is 72.8 Å². The molecule has 0 N–H and O–H groups in total. The molecule has 3 aromatic carbocycles. The number of methoxy groups -OCH3 is 1. The van der Waals surface area contributed by atoms with Gasteiger partial charge in [-0.3, -0.25) is 9.59 Å². The standard InChI is InChI=1S/C29H31N3O3/c1-35-27-8-4-5-22(19-27)20-28(33)30-15-17-31(18-16-30)29(34)24-9-11-26(12-10-24)32-14-13-23-6-2-3-7-25(23)21-32/h2-12,19H,13-18,20-21H2,1H3. The first kappa shape index (κ1) is 23.0. The number of piperazine rings is 1. The Bertz CT molecular complexity index is 1200. The monoisotopic (exact) mass is 469 g/mol. The van der Waals surface area contributed by atoms with E-state index in [1.807, 2.05) is 46.2 Å². The van der Waals surface area contributed by atoms with Crippen LogP contribution in [0.2, 0.25) is 0 Å². The van der Waals surface area contributed by atoms with E-state index in [4.69, 9.17) is 4.74 Å². The van der Waals surface area contributed by atoms with Gasteiger partial charge in [-0.1, -0.05) is 36.4 Å². The van der Waals surface area contributed by atoms with Crippen molar-refractivity contribution in [2.45, 2.75) is 19.4 Å². The summed E-state index contributed by atoms with van der Waals surface area (Å²) in [5.74, 6) is 0.861. The summed E-state index contributed by atoms with van der Waals surface area (Å²) in [6.45, 7) is 4.09. The molecule has 2 aliphatic rings. The van der Waals surface area contributed by atoms with Gasteiger partial charge in [-0.05, 0) is 59.5 Å². The van der Waals surface area contributed by atoms with Crippen LogP contribution < -0.4 is 9.64 Å². The molecular weight excluding hydrogens is 438 g/mol. The van der Waals surface area contributed by atoms with Crippen LogP contribution in [0.5, 0.6) is 5.75 Å². The SMILES string of the molecule is COc1cccc(CC(=O)N2CCN(C(=O)c3ccc(N4CCc5ccccc5C4)cc3)CC2)c1. The van der Waals surface area contributed by atoms with Crippen molar-refractivity contribution in [1.82, 2.24) is 9.80 Å². The second-order valence-electron chi connectivity index (χ2n) is 9.19. The molecule has 1 fully saturated rings. The summed E-state index contributed by atoms with van der Waals surface area (Å²) < 4.78 is 5.25. The number of anilines is 1. The fraction of sp³-hybridized carbons (Fsp3) is 0.310. The van der Waals surface area contributed by atoms with Crippen LogP contribution in [0.3, 0.4) is 0 Å². The Balaban J connectivity index is 1.15. The lowest BCUT2D eigenvalue weighted by atomic mass is 9.99. The van der Waals surface area contributed by atoms with Crippen molar-refractivity contribution >= 4 is 17.5 Å². The zero-order valence-electron chi connectivity index (χ0n) is 20.2. The summed E-state index contributed by atoms with van der Waals surface area (Å²) >= 11 is 0. The smallest absolute Gasteiger partial charge is 0.253 e. The van der Waals surface area contributed by atoms with E-state index in [0.717, 1.165) is 36.5 Å². The molecule has 0 atom stereocenters. The van der Waals surface area contributed by atoms with Crippen LogP contribution in [0, 0.1) is 0 Å². The molecule has 0 saturated carbocycles. The Labute approximate surface area is 206 Å². The number of hydrogen-bond donors (Lipinski definition) is 0. The minimum Gasteiger partial charge on any atom is -0.497 e. The zero-order valence-corrected chi connectivity index (χ0v) is 20.2. The highest BCUT2D eigenvalue weighted by Crippen LogP contribution is 2.25. The van der Waals surface area contributed by atoms with Gasteiger partial charge in [-0.2, -0.15) is 0 Å². The molecule has 5 rings (SSSR count). The molecule has 2 amide bonds. The van der Waals surface area contributed by atoms with E-state index in [2.05, 4.69) is 41.3 Å². The molecule has 0 bridgehead atoms. The predicted octanol–water partition coefficient (Wildman–Crippen LogP) is 3.79. The second kappa shape index (κ2) is 10.2. The van der Waals surface area contributed by atoms with Crippen molar-refractivity contribution in [2.24, 2.45) is 0 Å². The van der Waals surface area contributed by atoms with E-state index in [1.165, 1.54) is 11.1 Å². The van der Waals surface area contributed by atoms with Crippen molar-refractivity contribution in [1.29, 1.82) is 0 Å². The van der Waals surface area contributed by atoms with Crippen LogP contribution in [-0.4, -0.2) is 61.4 Å². The third-order valence-electron chi connectivity index (χ3n) is 7.02. The van der Waals surface area contributed by atoms with Crippen molar-refractivity contribution in [3.8, 4) is 5.75 Å². The van der Waals surface area contributed by atoms with E-state index in [-0.39, 0.29) is 11.8 Å². The molecule has 2 heterocycles. The predicted molar refractivity (Wildman–Crippen MR) is 137 cm³/mol. The molecule has 0 radical (unpaired) electrons. The minimum atomic E-state index is 0.0282. The van der Waals surface area contributed by atoms with E-state index in [0.29, 0.717) is 38.2 Å². The Morgan fingerprint density at radius 2 is 1.51 bits per heavy atom. The van der Waals surface area contributed by atoms with Gasteiger partial charge >= 0.3 is 0 Å². The molecule has 3 aromatic rings. The van der Waals surface area contributed by atoms with E-state index in [1.54, 1.807) is 7.11 Å².